The van der Waals surface area contributed by atoms with Gasteiger partial charge in [0.15, 0.2) is 0 Å². The number of nitrogens with one attached hydrogen (secondary N) is 1. The van der Waals surface area contributed by atoms with Crippen LogP contribution in [-0.4, -0.2) is 12.6 Å². The second kappa shape index (κ2) is 8.05. The fourth-order valence-electron chi connectivity index (χ4n) is 1.80. The molecule has 21 heavy (non-hydrogen) atoms. The molecular formula is C16H15BrClNO2. The number of rotatable bonds is 5. The highest BCUT2D eigenvalue weighted by atomic mass is 79.9. The van der Waals surface area contributed by atoms with Gasteiger partial charge in [-0.3, -0.25) is 0 Å². The molecule has 110 valence electrons. The number of carbonyl (C=O) groups is 1. The average Bonchev–Trinajstić information content (AvgIpc) is 2.48. The summed E-state index contributed by atoms with van der Waals surface area (Å²) in [5, 5.41) is 3.40. The highest BCUT2D eigenvalue weighted by molar-refractivity contribution is 9.10. The largest absolute Gasteiger partial charge is 0.445 e. The minimum Gasteiger partial charge on any atom is -0.445 e. The first-order valence-corrected chi connectivity index (χ1v) is 7.71. The standard InChI is InChI=1S/C16H15BrClNO2/c17-14-7-6-13(15(18)10-14)8-9-19-16(20)21-11-12-4-2-1-3-5-12/h1-7,10H,8-9,11H2,(H,19,20). The van der Waals surface area contributed by atoms with E-state index in [1.54, 1.807) is 0 Å². The maximum atomic E-state index is 11.6. The van der Waals surface area contributed by atoms with Gasteiger partial charge in [0.05, 0.1) is 0 Å². The van der Waals surface area contributed by atoms with Crippen LogP contribution in [0.2, 0.25) is 5.02 Å². The van der Waals surface area contributed by atoms with E-state index >= 15 is 0 Å². The molecule has 2 aromatic rings. The van der Waals surface area contributed by atoms with Gasteiger partial charge in [-0.05, 0) is 29.7 Å². The molecule has 0 aromatic heterocycles. The van der Waals surface area contributed by atoms with E-state index in [0.29, 0.717) is 18.0 Å². The van der Waals surface area contributed by atoms with Gasteiger partial charge in [-0.2, -0.15) is 0 Å². The molecular weight excluding hydrogens is 354 g/mol. The lowest BCUT2D eigenvalue weighted by molar-refractivity contribution is 0.140. The molecule has 0 unspecified atom stereocenters. The van der Waals surface area contributed by atoms with E-state index in [-0.39, 0.29) is 6.61 Å². The van der Waals surface area contributed by atoms with Gasteiger partial charge in [0, 0.05) is 16.0 Å². The minimum atomic E-state index is -0.424. The highest BCUT2D eigenvalue weighted by Crippen LogP contribution is 2.21. The number of ether oxygens (including phenoxy) is 1. The molecule has 0 spiro atoms. The minimum absolute atomic E-state index is 0.270. The van der Waals surface area contributed by atoms with Gasteiger partial charge in [0.1, 0.15) is 6.61 Å². The number of halogens is 2. The quantitative estimate of drug-likeness (QED) is 0.839. The van der Waals surface area contributed by atoms with Crippen molar-refractivity contribution in [1.29, 1.82) is 0 Å². The summed E-state index contributed by atoms with van der Waals surface area (Å²) in [5.74, 6) is 0. The number of hydrogen-bond donors (Lipinski definition) is 1. The van der Waals surface area contributed by atoms with Gasteiger partial charge in [-0.1, -0.05) is 63.9 Å². The zero-order valence-corrected chi connectivity index (χ0v) is 13.7. The molecule has 3 nitrogen and oxygen atoms in total. The van der Waals surface area contributed by atoms with Crippen molar-refractivity contribution in [2.75, 3.05) is 6.54 Å². The zero-order valence-electron chi connectivity index (χ0n) is 11.3. The van der Waals surface area contributed by atoms with Crippen molar-refractivity contribution in [3.05, 3.63) is 69.2 Å². The topological polar surface area (TPSA) is 38.3 Å². The molecule has 0 aliphatic heterocycles. The fraction of sp³-hybridized carbons (Fsp3) is 0.188. The molecule has 1 amide bonds. The van der Waals surface area contributed by atoms with Gasteiger partial charge >= 0.3 is 6.09 Å². The van der Waals surface area contributed by atoms with Gasteiger partial charge in [-0.15, -0.1) is 0 Å². The molecule has 0 saturated carbocycles. The van der Waals surface area contributed by atoms with Crippen LogP contribution in [0.15, 0.2) is 53.0 Å². The van der Waals surface area contributed by atoms with Crippen molar-refractivity contribution >= 4 is 33.6 Å². The molecule has 1 N–H and O–H groups in total. The smallest absolute Gasteiger partial charge is 0.407 e. The van der Waals surface area contributed by atoms with Gasteiger partial charge in [-0.25, -0.2) is 4.79 Å². The van der Waals surface area contributed by atoms with E-state index in [1.807, 2.05) is 48.5 Å². The Hall–Kier alpha value is -1.52. The lowest BCUT2D eigenvalue weighted by Gasteiger charge is -2.08. The number of benzene rings is 2. The molecule has 0 radical (unpaired) electrons. The molecule has 0 aliphatic carbocycles. The summed E-state index contributed by atoms with van der Waals surface area (Å²) in [7, 11) is 0. The highest BCUT2D eigenvalue weighted by Gasteiger charge is 2.04. The Bertz CT molecular complexity index is 604. The Balaban J connectivity index is 1.72. The maximum absolute atomic E-state index is 11.6. The van der Waals surface area contributed by atoms with Crippen LogP contribution in [0.1, 0.15) is 11.1 Å². The number of carbonyl (C=O) groups excluding carboxylic acids is 1. The summed E-state index contributed by atoms with van der Waals surface area (Å²) >= 11 is 9.47. The lowest BCUT2D eigenvalue weighted by atomic mass is 10.1. The first-order chi connectivity index (χ1) is 10.1. The first-order valence-electron chi connectivity index (χ1n) is 6.53. The van der Waals surface area contributed by atoms with Crippen molar-refractivity contribution < 1.29 is 9.53 Å². The van der Waals surface area contributed by atoms with Crippen molar-refractivity contribution in [2.45, 2.75) is 13.0 Å². The molecule has 0 saturated heterocycles. The van der Waals surface area contributed by atoms with Crippen molar-refractivity contribution in [3.63, 3.8) is 0 Å². The summed E-state index contributed by atoms with van der Waals surface area (Å²) in [6, 6.07) is 15.3. The molecule has 0 atom stereocenters. The SMILES string of the molecule is O=C(NCCc1ccc(Br)cc1Cl)OCc1ccccc1. The third kappa shape index (κ3) is 5.40. The number of hydrogen-bond acceptors (Lipinski definition) is 2. The molecule has 0 aliphatic rings. The van der Waals surface area contributed by atoms with Crippen molar-refractivity contribution in [1.82, 2.24) is 5.32 Å². The fourth-order valence-corrected chi connectivity index (χ4v) is 2.57. The molecule has 0 fully saturated rings. The van der Waals surface area contributed by atoms with E-state index < -0.39 is 6.09 Å². The average molecular weight is 369 g/mol. The van der Waals surface area contributed by atoms with E-state index in [9.17, 15) is 4.79 Å². The van der Waals surface area contributed by atoms with E-state index in [2.05, 4.69) is 21.2 Å². The normalized spacial score (nSPS) is 10.2. The van der Waals surface area contributed by atoms with Crippen LogP contribution >= 0.6 is 27.5 Å². The van der Waals surface area contributed by atoms with E-state index in [1.165, 1.54) is 0 Å². The summed E-state index contributed by atoms with van der Waals surface area (Å²) in [6.07, 6.45) is 0.235. The zero-order chi connectivity index (χ0) is 15.1. The van der Waals surface area contributed by atoms with Crippen LogP contribution in [0.4, 0.5) is 4.79 Å². The van der Waals surface area contributed by atoms with Crippen molar-refractivity contribution in [3.8, 4) is 0 Å². The van der Waals surface area contributed by atoms with Crippen LogP contribution in [0.3, 0.4) is 0 Å². The molecule has 2 aromatic carbocycles. The van der Waals surface area contributed by atoms with Gasteiger partial charge in [0.2, 0.25) is 0 Å². The Kier molecular flexibility index (Phi) is 6.08. The first kappa shape index (κ1) is 15.9. The van der Waals surface area contributed by atoms with E-state index in [4.69, 9.17) is 16.3 Å². The monoisotopic (exact) mass is 367 g/mol. The van der Waals surface area contributed by atoms with Crippen LogP contribution < -0.4 is 5.32 Å². The van der Waals surface area contributed by atoms with Crippen LogP contribution in [0, 0.1) is 0 Å². The summed E-state index contributed by atoms with van der Waals surface area (Å²) < 4.78 is 6.06. The Morgan fingerprint density at radius 2 is 1.95 bits per heavy atom. The number of amides is 1. The van der Waals surface area contributed by atoms with E-state index in [0.717, 1.165) is 15.6 Å². The maximum Gasteiger partial charge on any atom is 0.407 e. The predicted molar refractivity (Wildman–Crippen MR) is 87.5 cm³/mol. The molecule has 0 bridgehead atoms. The third-order valence-electron chi connectivity index (χ3n) is 2.89. The summed E-state index contributed by atoms with van der Waals surface area (Å²) in [5.41, 5.74) is 1.95. The Morgan fingerprint density at radius 1 is 1.19 bits per heavy atom. The second-order valence-corrected chi connectivity index (χ2v) is 5.80. The summed E-state index contributed by atoms with van der Waals surface area (Å²) in [6.45, 7) is 0.751. The molecule has 0 heterocycles. The van der Waals surface area contributed by atoms with Crippen LogP contribution in [0.25, 0.3) is 0 Å². The van der Waals surface area contributed by atoms with Gasteiger partial charge < -0.3 is 10.1 Å². The molecule has 5 heteroatoms. The number of alkyl carbamates (subject to hydrolysis) is 1. The summed E-state index contributed by atoms with van der Waals surface area (Å²) in [4.78, 5) is 11.6. The Morgan fingerprint density at radius 3 is 2.67 bits per heavy atom. The van der Waals surface area contributed by atoms with Gasteiger partial charge in [0.25, 0.3) is 0 Å². The Labute approximate surface area is 137 Å². The van der Waals surface area contributed by atoms with Crippen LogP contribution in [-0.2, 0) is 17.8 Å². The predicted octanol–water partition coefficient (Wildman–Crippen LogP) is 4.57. The molecule has 2 rings (SSSR count). The third-order valence-corrected chi connectivity index (χ3v) is 3.74. The van der Waals surface area contributed by atoms with Crippen molar-refractivity contribution in [2.24, 2.45) is 0 Å². The lowest BCUT2D eigenvalue weighted by Crippen LogP contribution is -2.26. The second-order valence-electron chi connectivity index (χ2n) is 4.47. The van der Waals surface area contributed by atoms with Crippen LogP contribution in [0.5, 0.6) is 0 Å².